The molecule has 0 fully saturated rings. The van der Waals surface area contributed by atoms with Gasteiger partial charge < -0.3 is 15.2 Å². The standard InChI is InChI=1S/C12H17NO3/c1-15-7-8-16-12(14)9-11(13)10-5-3-2-4-6-10/h2-6,11H,7-9,13H2,1H3/t11-/m1/s1. The fourth-order valence-corrected chi connectivity index (χ4v) is 1.30. The Bertz CT molecular complexity index is 313. The van der Waals surface area contributed by atoms with Crippen molar-refractivity contribution in [2.45, 2.75) is 12.5 Å². The molecule has 0 radical (unpaired) electrons. The minimum Gasteiger partial charge on any atom is -0.463 e. The van der Waals surface area contributed by atoms with Crippen LogP contribution in [0.1, 0.15) is 18.0 Å². The Kier molecular flexibility index (Phi) is 5.53. The summed E-state index contributed by atoms with van der Waals surface area (Å²) in [5, 5.41) is 0. The Morgan fingerprint density at radius 2 is 2.00 bits per heavy atom. The number of rotatable bonds is 6. The lowest BCUT2D eigenvalue weighted by Crippen LogP contribution is -2.18. The SMILES string of the molecule is COCCOC(=O)C[C@@H](N)c1ccccc1. The van der Waals surface area contributed by atoms with Gasteiger partial charge in [-0.15, -0.1) is 0 Å². The van der Waals surface area contributed by atoms with Crippen LogP contribution >= 0.6 is 0 Å². The third kappa shape index (κ3) is 4.42. The largest absolute Gasteiger partial charge is 0.463 e. The lowest BCUT2D eigenvalue weighted by molar-refractivity contribution is -0.145. The molecule has 16 heavy (non-hydrogen) atoms. The molecule has 0 amide bonds. The van der Waals surface area contributed by atoms with Gasteiger partial charge in [-0.1, -0.05) is 30.3 Å². The molecule has 2 N–H and O–H groups in total. The summed E-state index contributed by atoms with van der Waals surface area (Å²) in [6.07, 6.45) is 0.188. The molecule has 1 aromatic rings. The van der Waals surface area contributed by atoms with Gasteiger partial charge in [-0.25, -0.2) is 0 Å². The molecule has 1 aromatic carbocycles. The zero-order valence-electron chi connectivity index (χ0n) is 9.39. The minimum absolute atomic E-state index is 0.188. The number of benzene rings is 1. The van der Waals surface area contributed by atoms with Gasteiger partial charge in [0, 0.05) is 13.2 Å². The highest BCUT2D eigenvalue weighted by atomic mass is 16.6. The molecule has 0 saturated heterocycles. The first kappa shape index (κ1) is 12.7. The number of esters is 1. The van der Waals surface area contributed by atoms with Gasteiger partial charge in [0.1, 0.15) is 6.61 Å². The van der Waals surface area contributed by atoms with Crippen molar-refractivity contribution >= 4 is 5.97 Å². The van der Waals surface area contributed by atoms with Crippen LogP contribution in [0.3, 0.4) is 0 Å². The summed E-state index contributed by atoms with van der Waals surface area (Å²) in [5.74, 6) is -0.298. The predicted molar refractivity (Wildman–Crippen MR) is 60.8 cm³/mol. The van der Waals surface area contributed by atoms with Gasteiger partial charge in [-0.3, -0.25) is 4.79 Å². The van der Waals surface area contributed by atoms with Gasteiger partial charge in [0.25, 0.3) is 0 Å². The Morgan fingerprint density at radius 1 is 1.31 bits per heavy atom. The van der Waals surface area contributed by atoms with Crippen molar-refractivity contribution in [3.63, 3.8) is 0 Å². The summed E-state index contributed by atoms with van der Waals surface area (Å²) in [6, 6.07) is 9.18. The third-order valence-corrected chi connectivity index (χ3v) is 2.16. The van der Waals surface area contributed by atoms with Gasteiger partial charge in [0.05, 0.1) is 13.0 Å². The van der Waals surface area contributed by atoms with E-state index in [-0.39, 0.29) is 25.0 Å². The Morgan fingerprint density at radius 3 is 2.62 bits per heavy atom. The minimum atomic E-state index is -0.309. The number of nitrogens with two attached hydrogens (primary N) is 1. The van der Waals surface area contributed by atoms with Gasteiger partial charge in [-0.05, 0) is 5.56 Å². The molecular weight excluding hydrogens is 206 g/mol. The second kappa shape index (κ2) is 6.98. The normalized spacial score (nSPS) is 12.1. The fraction of sp³-hybridized carbons (Fsp3) is 0.417. The highest BCUT2D eigenvalue weighted by molar-refractivity contribution is 5.70. The Balaban J connectivity index is 2.34. The fourth-order valence-electron chi connectivity index (χ4n) is 1.30. The van der Waals surface area contributed by atoms with Crippen molar-refractivity contribution in [2.24, 2.45) is 5.73 Å². The van der Waals surface area contributed by atoms with Crippen LogP contribution in [0.5, 0.6) is 0 Å². The van der Waals surface area contributed by atoms with E-state index in [0.29, 0.717) is 6.61 Å². The molecule has 4 nitrogen and oxygen atoms in total. The molecule has 0 aliphatic rings. The number of methoxy groups -OCH3 is 1. The maximum absolute atomic E-state index is 11.3. The van der Waals surface area contributed by atoms with E-state index >= 15 is 0 Å². The van der Waals surface area contributed by atoms with E-state index in [0.717, 1.165) is 5.56 Å². The second-order valence-corrected chi connectivity index (χ2v) is 3.43. The lowest BCUT2D eigenvalue weighted by atomic mass is 10.1. The molecule has 4 heteroatoms. The van der Waals surface area contributed by atoms with E-state index in [9.17, 15) is 4.79 Å². The molecule has 0 heterocycles. The maximum Gasteiger partial charge on any atom is 0.307 e. The number of hydrogen-bond donors (Lipinski definition) is 1. The van der Waals surface area contributed by atoms with E-state index in [1.165, 1.54) is 0 Å². The molecule has 0 saturated carbocycles. The van der Waals surface area contributed by atoms with Gasteiger partial charge >= 0.3 is 5.97 Å². The summed E-state index contributed by atoms with van der Waals surface area (Å²) in [7, 11) is 1.56. The highest BCUT2D eigenvalue weighted by Crippen LogP contribution is 2.13. The third-order valence-electron chi connectivity index (χ3n) is 2.16. The van der Waals surface area contributed by atoms with Crippen LogP contribution in [0.25, 0.3) is 0 Å². The van der Waals surface area contributed by atoms with Gasteiger partial charge in [-0.2, -0.15) is 0 Å². The monoisotopic (exact) mass is 223 g/mol. The molecule has 1 rings (SSSR count). The van der Waals surface area contributed by atoms with Crippen molar-refractivity contribution in [3.05, 3.63) is 35.9 Å². The molecule has 0 spiro atoms. The van der Waals surface area contributed by atoms with E-state index in [1.807, 2.05) is 30.3 Å². The average Bonchev–Trinajstić information content (AvgIpc) is 2.30. The summed E-state index contributed by atoms with van der Waals surface area (Å²) in [4.78, 5) is 11.3. The topological polar surface area (TPSA) is 61.5 Å². The highest BCUT2D eigenvalue weighted by Gasteiger charge is 2.11. The second-order valence-electron chi connectivity index (χ2n) is 3.43. The predicted octanol–water partition coefficient (Wildman–Crippen LogP) is 1.27. The van der Waals surface area contributed by atoms with Gasteiger partial charge in [0.2, 0.25) is 0 Å². The van der Waals surface area contributed by atoms with Crippen LogP contribution in [0.2, 0.25) is 0 Å². The number of ether oxygens (including phenoxy) is 2. The zero-order valence-corrected chi connectivity index (χ0v) is 9.39. The van der Waals surface area contributed by atoms with Crippen LogP contribution in [0, 0.1) is 0 Å². The molecule has 0 aliphatic heterocycles. The lowest BCUT2D eigenvalue weighted by Gasteiger charge is -2.11. The average molecular weight is 223 g/mol. The van der Waals surface area contributed by atoms with Crippen molar-refractivity contribution < 1.29 is 14.3 Å². The first-order valence-electron chi connectivity index (χ1n) is 5.19. The molecule has 0 unspecified atom stereocenters. The van der Waals surface area contributed by atoms with Crippen LogP contribution < -0.4 is 5.73 Å². The summed E-state index contributed by atoms with van der Waals surface area (Å²) >= 11 is 0. The number of carbonyl (C=O) groups excluding carboxylic acids is 1. The van der Waals surface area contributed by atoms with E-state index in [2.05, 4.69) is 0 Å². The maximum atomic E-state index is 11.3. The summed E-state index contributed by atoms with van der Waals surface area (Å²) in [5.41, 5.74) is 6.80. The van der Waals surface area contributed by atoms with Gasteiger partial charge in [0.15, 0.2) is 0 Å². The van der Waals surface area contributed by atoms with Crippen molar-refractivity contribution in [2.75, 3.05) is 20.3 Å². The summed E-state index contributed by atoms with van der Waals surface area (Å²) < 4.78 is 9.70. The van der Waals surface area contributed by atoms with Crippen molar-refractivity contribution in [1.82, 2.24) is 0 Å². The molecule has 1 atom stereocenters. The number of carbonyl (C=O) groups is 1. The molecule has 88 valence electrons. The van der Waals surface area contributed by atoms with Crippen LogP contribution in [0.15, 0.2) is 30.3 Å². The first-order valence-corrected chi connectivity index (χ1v) is 5.19. The molecular formula is C12H17NO3. The first-order chi connectivity index (χ1) is 7.74. The Labute approximate surface area is 95.3 Å². The van der Waals surface area contributed by atoms with E-state index in [1.54, 1.807) is 7.11 Å². The van der Waals surface area contributed by atoms with Crippen LogP contribution in [-0.4, -0.2) is 26.3 Å². The number of hydrogen-bond acceptors (Lipinski definition) is 4. The van der Waals surface area contributed by atoms with Crippen LogP contribution in [-0.2, 0) is 14.3 Å². The quantitative estimate of drug-likeness (QED) is 0.582. The molecule has 0 aliphatic carbocycles. The smallest absolute Gasteiger partial charge is 0.307 e. The zero-order chi connectivity index (χ0) is 11.8. The van der Waals surface area contributed by atoms with Crippen molar-refractivity contribution in [1.29, 1.82) is 0 Å². The Hall–Kier alpha value is -1.39. The van der Waals surface area contributed by atoms with Crippen LogP contribution in [0.4, 0.5) is 0 Å². The van der Waals surface area contributed by atoms with E-state index in [4.69, 9.17) is 15.2 Å². The van der Waals surface area contributed by atoms with E-state index < -0.39 is 0 Å². The molecule has 0 bridgehead atoms. The molecule has 0 aromatic heterocycles. The van der Waals surface area contributed by atoms with Crippen molar-refractivity contribution in [3.8, 4) is 0 Å². The summed E-state index contributed by atoms with van der Waals surface area (Å²) in [6.45, 7) is 0.684.